The fourth-order valence-electron chi connectivity index (χ4n) is 4.41. The zero-order valence-corrected chi connectivity index (χ0v) is 27.1. The molecule has 0 spiro atoms. The van der Waals surface area contributed by atoms with Crippen molar-refractivity contribution in [1.29, 1.82) is 0 Å². The van der Waals surface area contributed by atoms with Gasteiger partial charge in [-0.3, -0.25) is 13.9 Å². The predicted molar refractivity (Wildman–Crippen MR) is 175 cm³/mol. The Morgan fingerprint density at radius 3 is 2.10 bits per heavy atom. The van der Waals surface area contributed by atoms with Gasteiger partial charge in [-0.05, 0) is 82.2 Å². The van der Waals surface area contributed by atoms with Crippen molar-refractivity contribution in [2.75, 3.05) is 17.9 Å². The average molecular weight is 736 g/mol. The predicted octanol–water partition coefficient (Wildman–Crippen LogP) is 6.18. The quantitative estimate of drug-likeness (QED) is 0.187. The van der Waals surface area contributed by atoms with E-state index in [1.54, 1.807) is 60.7 Å². The van der Waals surface area contributed by atoms with Crippen molar-refractivity contribution in [2.24, 2.45) is 0 Å². The summed E-state index contributed by atoms with van der Waals surface area (Å²) in [6.07, 6.45) is 0.201. The normalized spacial score (nSPS) is 11.9. The van der Waals surface area contributed by atoms with Gasteiger partial charge in [0.05, 0.1) is 10.6 Å². The number of benzene rings is 4. The number of sulfonamides is 1. The van der Waals surface area contributed by atoms with E-state index in [4.69, 9.17) is 23.2 Å². The second kappa shape index (κ2) is 14.4. The maximum Gasteiger partial charge on any atom is 0.264 e. The largest absolute Gasteiger partial charge is 0.357 e. The van der Waals surface area contributed by atoms with Crippen molar-refractivity contribution in [1.82, 2.24) is 10.2 Å². The fourth-order valence-corrected chi connectivity index (χ4v) is 6.67. The highest BCUT2D eigenvalue weighted by Gasteiger charge is 2.34. The van der Waals surface area contributed by atoms with Gasteiger partial charge >= 0.3 is 0 Å². The number of nitrogens with zero attached hydrogens (tertiary/aromatic N) is 2. The number of amides is 2. The van der Waals surface area contributed by atoms with E-state index in [1.165, 1.54) is 24.1 Å². The third-order valence-electron chi connectivity index (χ3n) is 6.60. The summed E-state index contributed by atoms with van der Waals surface area (Å²) in [4.78, 5) is 29.0. The topological polar surface area (TPSA) is 86.8 Å². The molecule has 0 bridgehead atoms. The molecule has 0 aliphatic heterocycles. The molecule has 0 aromatic heterocycles. The first kappa shape index (κ1) is 31.8. The third kappa shape index (κ3) is 7.83. The molecule has 0 heterocycles. The maximum atomic E-state index is 14.3. The van der Waals surface area contributed by atoms with Gasteiger partial charge in [0.2, 0.25) is 11.8 Å². The number of carbonyl (C=O) groups excluding carboxylic acids is 2. The number of nitrogens with one attached hydrogen (secondary N) is 1. The zero-order chi connectivity index (χ0) is 30.3. The van der Waals surface area contributed by atoms with E-state index in [2.05, 4.69) is 27.9 Å². The van der Waals surface area contributed by atoms with Crippen molar-refractivity contribution >= 4 is 73.3 Å². The second-order valence-electron chi connectivity index (χ2n) is 9.38. The van der Waals surface area contributed by atoms with E-state index in [1.807, 2.05) is 30.3 Å². The Balaban J connectivity index is 1.79. The highest BCUT2D eigenvalue weighted by molar-refractivity contribution is 14.1. The van der Waals surface area contributed by atoms with Gasteiger partial charge in [-0.15, -0.1) is 0 Å². The molecular formula is C31H28Cl2IN3O4S. The smallest absolute Gasteiger partial charge is 0.264 e. The Hall–Kier alpha value is -3.12. The van der Waals surface area contributed by atoms with Gasteiger partial charge in [-0.1, -0.05) is 77.8 Å². The summed E-state index contributed by atoms with van der Waals surface area (Å²) in [6.45, 7) is -0.600. The van der Waals surface area contributed by atoms with E-state index in [9.17, 15) is 18.0 Å². The first-order valence-corrected chi connectivity index (χ1v) is 16.2. The van der Waals surface area contributed by atoms with Crippen molar-refractivity contribution in [3.8, 4) is 0 Å². The molecule has 0 aliphatic rings. The minimum Gasteiger partial charge on any atom is -0.357 e. The molecule has 0 radical (unpaired) electrons. The van der Waals surface area contributed by atoms with Crippen LogP contribution in [0.5, 0.6) is 0 Å². The number of hydrogen-bond donors (Lipinski definition) is 1. The van der Waals surface area contributed by atoms with Crippen LogP contribution < -0.4 is 9.62 Å². The molecule has 1 N–H and O–H groups in total. The summed E-state index contributed by atoms with van der Waals surface area (Å²) in [5.74, 6) is -0.979. The first-order valence-electron chi connectivity index (χ1n) is 12.9. The van der Waals surface area contributed by atoms with Crippen LogP contribution in [0.15, 0.2) is 108 Å². The van der Waals surface area contributed by atoms with Crippen LogP contribution in [0, 0.1) is 3.57 Å². The van der Waals surface area contributed by atoms with Gasteiger partial charge in [0.15, 0.2) is 0 Å². The number of rotatable bonds is 11. The van der Waals surface area contributed by atoms with Crippen LogP contribution in [0.1, 0.15) is 11.1 Å². The molecule has 2 amide bonds. The summed E-state index contributed by atoms with van der Waals surface area (Å²) in [7, 11) is -2.66. The SMILES string of the molecule is CNC(=O)[C@H](Cc1ccccc1)N(Cc1ccc(Cl)cc1Cl)C(=O)CN(c1ccc(I)cc1)S(=O)(=O)c1ccccc1. The molecule has 7 nitrogen and oxygen atoms in total. The van der Waals surface area contributed by atoms with E-state index < -0.39 is 34.4 Å². The lowest BCUT2D eigenvalue weighted by molar-refractivity contribution is -0.139. The van der Waals surface area contributed by atoms with Crippen LogP contribution in [0.4, 0.5) is 5.69 Å². The standard InChI is InChI=1S/C31H28Cl2IN3O4S/c1-35-31(39)29(18-22-8-4-2-5-9-22)36(20-23-12-13-24(32)19-28(23)33)30(38)21-37(26-16-14-25(34)15-17-26)42(40,41)27-10-6-3-7-11-27/h2-17,19,29H,18,20-21H2,1H3,(H,35,39)/t29-/m0/s1. The van der Waals surface area contributed by atoms with E-state index in [-0.39, 0.29) is 17.9 Å². The van der Waals surface area contributed by atoms with Crippen molar-refractivity contribution in [2.45, 2.75) is 23.9 Å². The van der Waals surface area contributed by atoms with Crippen molar-refractivity contribution in [3.63, 3.8) is 0 Å². The van der Waals surface area contributed by atoms with Crippen molar-refractivity contribution in [3.05, 3.63) is 128 Å². The molecule has 0 aliphatic carbocycles. The van der Waals surface area contributed by atoms with Crippen LogP contribution in [-0.4, -0.2) is 44.8 Å². The molecule has 11 heteroatoms. The lowest BCUT2D eigenvalue weighted by Crippen LogP contribution is -2.53. The number of hydrogen-bond acceptors (Lipinski definition) is 4. The summed E-state index contributed by atoms with van der Waals surface area (Å²) < 4.78 is 29.8. The monoisotopic (exact) mass is 735 g/mol. The summed E-state index contributed by atoms with van der Waals surface area (Å²) in [5.41, 5.74) is 1.71. The van der Waals surface area contributed by atoms with Gasteiger partial charge in [0, 0.05) is 33.6 Å². The number of halogens is 3. The molecule has 0 unspecified atom stereocenters. The summed E-state index contributed by atoms with van der Waals surface area (Å²) in [6, 6.07) is 28.0. The molecule has 4 rings (SSSR count). The summed E-state index contributed by atoms with van der Waals surface area (Å²) >= 11 is 14.7. The van der Waals surface area contributed by atoms with Crippen molar-refractivity contribution < 1.29 is 18.0 Å². The second-order valence-corrected chi connectivity index (χ2v) is 13.3. The molecule has 0 saturated carbocycles. The van der Waals surface area contributed by atoms with E-state index in [0.29, 0.717) is 21.3 Å². The zero-order valence-electron chi connectivity index (χ0n) is 22.6. The minimum atomic E-state index is -4.15. The Labute approximate surface area is 269 Å². The highest BCUT2D eigenvalue weighted by Crippen LogP contribution is 2.27. The molecule has 0 fully saturated rings. The first-order chi connectivity index (χ1) is 20.1. The Kier molecular flexibility index (Phi) is 10.9. The Morgan fingerprint density at radius 1 is 0.881 bits per heavy atom. The van der Waals surface area contributed by atoms with Crippen LogP contribution in [0.25, 0.3) is 0 Å². The molecule has 4 aromatic rings. The van der Waals surface area contributed by atoms with Crippen LogP contribution in [0.3, 0.4) is 0 Å². The lowest BCUT2D eigenvalue weighted by Gasteiger charge is -2.33. The summed E-state index contributed by atoms with van der Waals surface area (Å²) in [5, 5.41) is 3.40. The Bertz CT molecular complexity index is 1640. The molecule has 4 aromatic carbocycles. The molecule has 1 atom stereocenters. The van der Waals surface area contributed by atoms with Gasteiger partial charge in [-0.2, -0.15) is 0 Å². The van der Waals surface area contributed by atoms with E-state index >= 15 is 0 Å². The lowest BCUT2D eigenvalue weighted by atomic mass is 10.0. The third-order valence-corrected chi connectivity index (χ3v) is 9.69. The number of carbonyl (C=O) groups is 2. The number of likely N-dealkylation sites (N-methyl/N-ethyl adjacent to an activating group) is 1. The highest BCUT2D eigenvalue weighted by atomic mass is 127. The molecule has 42 heavy (non-hydrogen) atoms. The number of anilines is 1. The molecule has 0 saturated heterocycles. The van der Waals surface area contributed by atoms with Crippen LogP contribution in [0.2, 0.25) is 10.0 Å². The van der Waals surface area contributed by atoms with Gasteiger partial charge in [0.1, 0.15) is 12.6 Å². The molecular weight excluding hydrogens is 708 g/mol. The minimum absolute atomic E-state index is 0.0378. The van der Waals surface area contributed by atoms with Gasteiger partial charge in [0.25, 0.3) is 10.0 Å². The average Bonchev–Trinajstić information content (AvgIpc) is 2.99. The Morgan fingerprint density at radius 2 is 1.50 bits per heavy atom. The van der Waals surface area contributed by atoms with Crippen LogP contribution >= 0.6 is 45.8 Å². The van der Waals surface area contributed by atoms with Crippen LogP contribution in [-0.2, 0) is 32.6 Å². The molecule has 218 valence electrons. The fraction of sp³-hybridized carbons (Fsp3) is 0.161. The van der Waals surface area contributed by atoms with Gasteiger partial charge in [-0.25, -0.2) is 8.42 Å². The van der Waals surface area contributed by atoms with E-state index in [0.717, 1.165) is 13.4 Å². The maximum absolute atomic E-state index is 14.3. The van der Waals surface area contributed by atoms with Gasteiger partial charge < -0.3 is 10.2 Å².